The minimum absolute atomic E-state index is 0.0798. The molecule has 0 aliphatic carbocycles. The van der Waals surface area contributed by atoms with E-state index in [1.165, 1.54) is 16.7 Å². The number of carbonyl (C=O) groups is 1. The van der Waals surface area contributed by atoms with Crippen LogP contribution < -0.4 is 0 Å². The number of amides is 1. The van der Waals surface area contributed by atoms with E-state index in [2.05, 4.69) is 52.9 Å². The van der Waals surface area contributed by atoms with Crippen molar-refractivity contribution in [1.82, 2.24) is 14.5 Å². The van der Waals surface area contributed by atoms with E-state index in [4.69, 9.17) is 0 Å². The molecule has 4 nitrogen and oxygen atoms in total. The highest BCUT2D eigenvalue weighted by molar-refractivity contribution is 5.78. The number of carbonyl (C=O) groups excluding carboxylic acids is 1. The molecule has 0 unspecified atom stereocenters. The molecule has 0 radical (unpaired) electrons. The van der Waals surface area contributed by atoms with Crippen LogP contribution in [0.25, 0.3) is 0 Å². The molecule has 1 atom stereocenters. The molecule has 2 aromatic carbocycles. The third kappa shape index (κ3) is 3.40. The molecule has 0 spiro atoms. The topological polar surface area (TPSA) is 38.1 Å². The maximum atomic E-state index is 13.1. The lowest BCUT2D eigenvalue weighted by Gasteiger charge is -2.30. The Kier molecular flexibility index (Phi) is 4.57. The SMILES string of the molecule is Cc1ccc([C@H](CC(=O)N2CCn3cncc3C2)c2ccccc2)cc1. The minimum atomic E-state index is 0.0798. The van der Waals surface area contributed by atoms with Crippen LogP contribution in [0, 0.1) is 6.92 Å². The lowest BCUT2D eigenvalue weighted by atomic mass is 9.87. The van der Waals surface area contributed by atoms with E-state index in [1.54, 1.807) is 0 Å². The average Bonchev–Trinajstić information content (AvgIpc) is 3.15. The van der Waals surface area contributed by atoms with E-state index in [0.29, 0.717) is 13.0 Å². The van der Waals surface area contributed by atoms with Crippen molar-refractivity contribution in [1.29, 1.82) is 0 Å². The summed E-state index contributed by atoms with van der Waals surface area (Å²) < 4.78 is 2.12. The van der Waals surface area contributed by atoms with Crippen LogP contribution in [0.15, 0.2) is 67.1 Å². The van der Waals surface area contributed by atoms with Gasteiger partial charge in [-0.05, 0) is 18.1 Å². The number of benzene rings is 2. The van der Waals surface area contributed by atoms with Crippen molar-refractivity contribution in [3.63, 3.8) is 0 Å². The molecule has 0 N–H and O–H groups in total. The standard InChI is InChI=1S/C22H23N3O/c1-17-7-9-19(10-8-17)21(18-5-3-2-4-6-18)13-22(26)24-11-12-25-16-23-14-20(25)15-24/h2-10,14,16,21H,11-13,15H2,1H3/t21-/m1/s1. The fourth-order valence-corrected chi connectivity index (χ4v) is 3.61. The zero-order valence-electron chi connectivity index (χ0n) is 15.0. The summed E-state index contributed by atoms with van der Waals surface area (Å²) in [6, 6.07) is 18.9. The van der Waals surface area contributed by atoms with E-state index in [0.717, 1.165) is 18.8 Å². The van der Waals surface area contributed by atoms with Crippen LogP contribution in [0.2, 0.25) is 0 Å². The maximum Gasteiger partial charge on any atom is 0.223 e. The quantitative estimate of drug-likeness (QED) is 0.722. The third-order valence-electron chi connectivity index (χ3n) is 5.18. The number of fused-ring (bicyclic) bond motifs is 1. The van der Waals surface area contributed by atoms with E-state index in [-0.39, 0.29) is 11.8 Å². The highest BCUT2D eigenvalue weighted by Crippen LogP contribution is 2.29. The number of aryl methyl sites for hydroxylation is 1. The molecule has 0 bridgehead atoms. The Hall–Kier alpha value is -2.88. The Labute approximate surface area is 154 Å². The fourth-order valence-electron chi connectivity index (χ4n) is 3.61. The van der Waals surface area contributed by atoms with Gasteiger partial charge in [0.2, 0.25) is 5.91 Å². The van der Waals surface area contributed by atoms with Crippen LogP contribution in [-0.4, -0.2) is 26.9 Å². The van der Waals surface area contributed by atoms with Crippen molar-refractivity contribution >= 4 is 5.91 Å². The van der Waals surface area contributed by atoms with Gasteiger partial charge in [0.25, 0.3) is 0 Å². The van der Waals surface area contributed by atoms with Crippen molar-refractivity contribution in [3.05, 3.63) is 89.5 Å². The predicted molar refractivity (Wildman–Crippen MR) is 102 cm³/mol. The zero-order valence-corrected chi connectivity index (χ0v) is 15.0. The summed E-state index contributed by atoms with van der Waals surface area (Å²) in [4.78, 5) is 19.2. The molecule has 4 rings (SSSR count). The van der Waals surface area contributed by atoms with Crippen LogP contribution >= 0.6 is 0 Å². The fraction of sp³-hybridized carbons (Fsp3) is 0.273. The number of imidazole rings is 1. The summed E-state index contributed by atoms with van der Waals surface area (Å²) in [6.07, 6.45) is 4.19. The molecule has 3 aromatic rings. The molecule has 1 aromatic heterocycles. The summed E-state index contributed by atoms with van der Waals surface area (Å²) in [5, 5.41) is 0. The molecule has 1 aliphatic heterocycles. The third-order valence-corrected chi connectivity index (χ3v) is 5.18. The summed E-state index contributed by atoms with van der Waals surface area (Å²) in [6.45, 7) is 4.30. The molecule has 2 heterocycles. The molecule has 0 fully saturated rings. The van der Waals surface area contributed by atoms with Gasteiger partial charge in [-0.1, -0.05) is 60.2 Å². The van der Waals surface area contributed by atoms with Crippen LogP contribution in [0.1, 0.15) is 34.7 Å². The predicted octanol–water partition coefficient (Wildman–Crippen LogP) is 3.76. The molecular formula is C22H23N3O. The minimum Gasteiger partial charge on any atom is -0.335 e. The molecule has 132 valence electrons. The summed E-state index contributed by atoms with van der Waals surface area (Å²) >= 11 is 0. The van der Waals surface area contributed by atoms with Gasteiger partial charge in [0.05, 0.1) is 18.6 Å². The molecule has 4 heteroatoms. The summed E-state index contributed by atoms with van der Waals surface area (Å²) in [5.74, 6) is 0.281. The molecule has 0 saturated carbocycles. The first kappa shape index (κ1) is 16.6. The second-order valence-electron chi connectivity index (χ2n) is 6.97. The van der Waals surface area contributed by atoms with Gasteiger partial charge in [0.15, 0.2) is 0 Å². The van der Waals surface area contributed by atoms with Crippen molar-refractivity contribution in [3.8, 4) is 0 Å². The Morgan fingerprint density at radius 1 is 1.04 bits per heavy atom. The number of rotatable bonds is 4. The Bertz CT molecular complexity index is 883. The summed E-state index contributed by atoms with van der Waals surface area (Å²) in [7, 11) is 0. The van der Waals surface area contributed by atoms with E-state index >= 15 is 0 Å². The van der Waals surface area contributed by atoms with Crippen LogP contribution in [0.3, 0.4) is 0 Å². The van der Waals surface area contributed by atoms with Gasteiger partial charge < -0.3 is 9.47 Å². The molecular weight excluding hydrogens is 322 g/mol. The highest BCUT2D eigenvalue weighted by Gasteiger charge is 2.25. The zero-order chi connectivity index (χ0) is 17.9. The van der Waals surface area contributed by atoms with Crippen molar-refractivity contribution < 1.29 is 4.79 Å². The van der Waals surface area contributed by atoms with Gasteiger partial charge in [-0.25, -0.2) is 4.98 Å². The Morgan fingerprint density at radius 3 is 2.54 bits per heavy atom. The summed E-state index contributed by atoms with van der Waals surface area (Å²) in [5.41, 5.74) is 4.72. The van der Waals surface area contributed by atoms with Crippen molar-refractivity contribution in [2.45, 2.75) is 32.4 Å². The van der Waals surface area contributed by atoms with Crippen LogP contribution in [-0.2, 0) is 17.9 Å². The van der Waals surface area contributed by atoms with Gasteiger partial charge in [0, 0.05) is 31.6 Å². The normalized spacial score (nSPS) is 14.7. The number of nitrogens with zero attached hydrogens (tertiary/aromatic N) is 3. The smallest absolute Gasteiger partial charge is 0.223 e. The highest BCUT2D eigenvalue weighted by atomic mass is 16.2. The first-order valence-electron chi connectivity index (χ1n) is 9.09. The second-order valence-corrected chi connectivity index (χ2v) is 6.97. The number of hydrogen-bond acceptors (Lipinski definition) is 2. The van der Waals surface area contributed by atoms with Gasteiger partial charge in [-0.2, -0.15) is 0 Å². The maximum absolute atomic E-state index is 13.1. The number of hydrogen-bond donors (Lipinski definition) is 0. The van der Waals surface area contributed by atoms with Crippen LogP contribution in [0.5, 0.6) is 0 Å². The lowest BCUT2D eigenvalue weighted by Crippen LogP contribution is -2.38. The van der Waals surface area contributed by atoms with Gasteiger partial charge in [-0.15, -0.1) is 0 Å². The van der Waals surface area contributed by atoms with E-state index < -0.39 is 0 Å². The van der Waals surface area contributed by atoms with Crippen molar-refractivity contribution in [2.75, 3.05) is 6.54 Å². The molecule has 1 amide bonds. The monoisotopic (exact) mass is 345 g/mol. The largest absolute Gasteiger partial charge is 0.335 e. The average molecular weight is 345 g/mol. The molecule has 26 heavy (non-hydrogen) atoms. The van der Waals surface area contributed by atoms with Crippen LogP contribution in [0.4, 0.5) is 0 Å². The first-order chi connectivity index (χ1) is 12.7. The molecule has 1 aliphatic rings. The van der Waals surface area contributed by atoms with Gasteiger partial charge in [0.1, 0.15) is 0 Å². The van der Waals surface area contributed by atoms with E-state index in [1.807, 2.05) is 35.6 Å². The van der Waals surface area contributed by atoms with Gasteiger partial charge >= 0.3 is 0 Å². The Morgan fingerprint density at radius 2 is 1.77 bits per heavy atom. The van der Waals surface area contributed by atoms with Crippen molar-refractivity contribution in [2.24, 2.45) is 0 Å². The number of aromatic nitrogens is 2. The van der Waals surface area contributed by atoms with Gasteiger partial charge in [-0.3, -0.25) is 4.79 Å². The molecule has 0 saturated heterocycles. The lowest BCUT2D eigenvalue weighted by molar-refractivity contribution is -0.132. The second kappa shape index (κ2) is 7.16. The van der Waals surface area contributed by atoms with E-state index in [9.17, 15) is 4.79 Å². The first-order valence-corrected chi connectivity index (χ1v) is 9.09. The Balaban J connectivity index is 1.57.